The largest absolute Gasteiger partial charge is 0.508 e. The molecule has 1 saturated carbocycles. The zero-order chi connectivity index (χ0) is 12.8. The Hall–Kier alpha value is -1.51. The molecule has 0 heterocycles. The molecular formula is C15H21NO2. The lowest BCUT2D eigenvalue weighted by molar-refractivity contribution is 0.0930. The van der Waals surface area contributed by atoms with Crippen molar-refractivity contribution in [2.24, 2.45) is 0 Å². The van der Waals surface area contributed by atoms with E-state index < -0.39 is 0 Å². The molecule has 3 nitrogen and oxygen atoms in total. The van der Waals surface area contributed by atoms with Crippen LogP contribution in [0.5, 0.6) is 5.75 Å². The summed E-state index contributed by atoms with van der Waals surface area (Å²) >= 11 is 0. The van der Waals surface area contributed by atoms with Crippen LogP contribution in [-0.2, 0) is 0 Å². The summed E-state index contributed by atoms with van der Waals surface area (Å²) in [5, 5.41) is 12.3. The van der Waals surface area contributed by atoms with Crippen molar-refractivity contribution in [3.05, 3.63) is 29.8 Å². The van der Waals surface area contributed by atoms with Crippen LogP contribution < -0.4 is 5.32 Å². The normalized spacial score (nSPS) is 17.8. The summed E-state index contributed by atoms with van der Waals surface area (Å²) in [6.45, 7) is 0. The lowest BCUT2D eigenvalue weighted by Gasteiger charge is -2.21. The topological polar surface area (TPSA) is 49.3 Å². The third-order valence-corrected chi connectivity index (χ3v) is 3.57. The van der Waals surface area contributed by atoms with Gasteiger partial charge in [-0.2, -0.15) is 0 Å². The van der Waals surface area contributed by atoms with Crippen LogP contribution in [0.15, 0.2) is 24.3 Å². The molecule has 0 aliphatic heterocycles. The number of benzene rings is 1. The van der Waals surface area contributed by atoms with Gasteiger partial charge in [0.25, 0.3) is 5.91 Å². The van der Waals surface area contributed by atoms with Gasteiger partial charge in [-0.15, -0.1) is 0 Å². The Morgan fingerprint density at radius 1 is 1.00 bits per heavy atom. The van der Waals surface area contributed by atoms with Gasteiger partial charge in [0.05, 0.1) is 0 Å². The van der Waals surface area contributed by atoms with Crippen LogP contribution in [0, 0.1) is 0 Å². The van der Waals surface area contributed by atoms with Gasteiger partial charge in [-0.05, 0) is 37.1 Å². The summed E-state index contributed by atoms with van der Waals surface area (Å²) in [4.78, 5) is 12.0. The number of carbonyl (C=O) groups excluding carboxylic acids is 1. The number of carbonyl (C=O) groups is 1. The quantitative estimate of drug-likeness (QED) is 0.843. The molecule has 1 aromatic carbocycles. The van der Waals surface area contributed by atoms with Gasteiger partial charge >= 0.3 is 0 Å². The number of hydrogen-bond donors (Lipinski definition) is 2. The molecule has 3 heteroatoms. The van der Waals surface area contributed by atoms with Crippen LogP contribution in [0.1, 0.15) is 55.3 Å². The van der Waals surface area contributed by atoms with E-state index in [9.17, 15) is 9.90 Å². The average Bonchev–Trinajstić information content (AvgIpc) is 2.33. The Bertz CT molecular complexity index is 378. The monoisotopic (exact) mass is 247 g/mol. The second-order valence-corrected chi connectivity index (χ2v) is 5.06. The lowest BCUT2D eigenvalue weighted by Crippen LogP contribution is -2.35. The number of aromatic hydroxyl groups is 1. The molecule has 18 heavy (non-hydrogen) atoms. The maximum absolute atomic E-state index is 12.0. The van der Waals surface area contributed by atoms with Gasteiger partial charge in [0.2, 0.25) is 0 Å². The van der Waals surface area contributed by atoms with Crippen LogP contribution in [0.3, 0.4) is 0 Å². The van der Waals surface area contributed by atoms with Crippen LogP contribution in [0.25, 0.3) is 0 Å². The standard InChI is InChI=1S/C15H21NO2/c17-14-10-8-12(9-11-14)15(18)16-13-6-4-2-1-3-5-7-13/h8-11,13,17H,1-7H2,(H,16,18). The van der Waals surface area contributed by atoms with Crippen molar-refractivity contribution in [3.8, 4) is 5.75 Å². The fourth-order valence-electron chi connectivity index (χ4n) is 2.48. The molecule has 1 aromatic rings. The van der Waals surface area contributed by atoms with E-state index in [1.54, 1.807) is 24.3 Å². The van der Waals surface area contributed by atoms with Crippen molar-refractivity contribution in [2.75, 3.05) is 0 Å². The second-order valence-electron chi connectivity index (χ2n) is 5.06. The Balaban J connectivity index is 1.91. The highest BCUT2D eigenvalue weighted by Gasteiger charge is 2.14. The van der Waals surface area contributed by atoms with Crippen molar-refractivity contribution < 1.29 is 9.90 Å². The van der Waals surface area contributed by atoms with Gasteiger partial charge in [0.15, 0.2) is 0 Å². The highest BCUT2D eigenvalue weighted by molar-refractivity contribution is 5.94. The highest BCUT2D eigenvalue weighted by atomic mass is 16.3. The number of amides is 1. The molecule has 0 spiro atoms. The molecule has 1 aliphatic carbocycles. The summed E-state index contributed by atoms with van der Waals surface area (Å²) in [5.74, 6) is 0.165. The summed E-state index contributed by atoms with van der Waals surface area (Å²) in [6, 6.07) is 6.73. The first-order valence-electron chi connectivity index (χ1n) is 6.85. The molecule has 0 saturated heterocycles. The smallest absolute Gasteiger partial charge is 0.251 e. The summed E-state index contributed by atoms with van der Waals surface area (Å²) < 4.78 is 0. The van der Waals surface area contributed by atoms with E-state index in [1.165, 1.54) is 32.1 Å². The Morgan fingerprint density at radius 3 is 2.17 bits per heavy atom. The first-order chi connectivity index (χ1) is 8.75. The zero-order valence-electron chi connectivity index (χ0n) is 10.7. The minimum absolute atomic E-state index is 0.0272. The van der Waals surface area contributed by atoms with E-state index in [0.29, 0.717) is 11.6 Å². The molecule has 1 amide bonds. The third kappa shape index (κ3) is 3.76. The number of nitrogens with one attached hydrogen (secondary N) is 1. The molecular weight excluding hydrogens is 226 g/mol. The van der Waals surface area contributed by atoms with E-state index in [2.05, 4.69) is 5.32 Å². The zero-order valence-corrected chi connectivity index (χ0v) is 10.7. The number of phenolic OH excluding ortho intramolecular Hbond substituents is 1. The molecule has 1 fully saturated rings. The van der Waals surface area contributed by atoms with Crippen molar-refractivity contribution in [2.45, 2.75) is 51.0 Å². The van der Waals surface area contributed by atoms with Gasteiger partial charge < -0.3 is 10.4 Å². The van der Waals surface area contributed by atoms with Gasteiger partial charge in [-0.3, -0.25) is 4.79 Å². The molecule has 0 radical (unpaired) electrons. The maximum Gasteiger partial charge on any atom is 0.251 e. The Morgan fingerprint density at radius 2 is 1.56 bits per heavy atom. The SMILES string of the molecule is O=C(NC1CCCCCCC1)c1ccc(O)cc1. The second kappa shape index (κ2) is 6.43. The minimum atomic E-state index is -0.0272. The van der Waals surface area contributed by atoms with Crippen LogP contribution in [0.4, 0.5) is 0 Å². The molecule has 1 aliphatic rings. The van der Waals surface area contributed by atoms with E-state index in [1.807, 2.05) is 0 Å². The summed E-state index contributed by atoms with van der Waals surface area (Å²) in [7, 11) is 0. The van der Waals surface area contributed by atoms with E-state index in [0.717, 1.165) is 12.8 Å². The lowest BCUT2D eigenvalue weighted by atomic mass is 9.96. The minimum Gasteiger partial charge on any atom is -0.508 e. The Kier molecular flexibility index (Phi) is 4.62. The average molecular weight is 247 g/mol. The Labute approximate surface area is 108 Å². The van der Waals surface area contributed by atoms with Crippen molar-refractivity contribution in [1.29, 1.82) is 0 Å². The molecule has 0 atom stereocenters. The number of rotatable bonds is 2. The van der Waals surface area contributed by atoms with Gasteiger partial charge in [0, 0.05) is 11.6 Å². The summed E-state index contributed by atoms with van der Waals surface area (Å²) in [5.41, 5.74) is 0.620. The van der Waals surface area contributed by atoms with E-state index in [4.69, 9.17) is 0 Å². The predicted molar refractivity (Wildman–Crippen MR) is 71.7 cm³/mol. The fraction of sp³-hybridized carbons (Fsp3) is 0.533. The van der Waals surface area contributed by atoms with Gasteiger partial charge in [-0.1, -0.05) is 32.1 Å². The van der Waals surface area contributed by atoms with Crippen LogP contribution >= 0.6 is 0 Å². The van der Waals surface area contributed by atoms with Crippen molar-refractivity contribution in [3.63, 3.8) is 0 Å². The van der Waals surface area contributed by atoms with Gasteiger partial charge in [-0.25, -0.2) is 0 Å². The van der Waals surface area contributed by atoms with E-state index >= 15 is 0 Å². The van der Waals surface area contributed by atoms with Crippen molar-refractivity contribution >= 4 is 5.91 Å². The highest BCUT2D eigenvalue weighted by Crippen LogP contribution is 2.18. The van der Waals surface area contributed by atoms with Crippen molar-refractivity contribution in [1.82, 2.24) is 5.32 Å². The molecule has 0 aromatic heterocycles. The molecule has 0 unspecified atom stereocenters. The molecule has 0 bridgehead atoms. The van der Waals surface area contributed by atoms with Crippen LogP contribution in [0.2, 0.25) is 0 Å². The van der Waals surface area contributed by atoms with Crippen LogP contribution in [-0.4, -0.2) is 17.1 Å². The molecule has 2 N–H and O–H groups in total. The molecule has 2 rings (SSSR count). The molecule has 98 valence electrons. The fourth-order valence-corrected chi connectivity index (χ4v) is 2.48. The first kappa shape index (κ1) is 12.9. The third-order valence-electron chi connectivity index (χ3n) is 3.57. The number of hydrogen-bond acceptors (Lipinski definition) is 2. The maximum atomic E-state index is 12.0. The number of phenols is 1. The predicted octanol–water partition coefficient (Wildman–Crippen LogP) is 3.23. The summed E-state index contributed by atoms with van der Waals surface area (Å²) in [6.07, 6.45) is 8.49. The first-order valence-corrected chi connectivity index (χ1v) is 6.85. The van der Waals surface area contributed by atoms with E-state index in [-0.39, 0.29) is 11.7 Å². The van der Waals surface area contributed by atoms with Gasteiger partial charge in [0.1, 0.15) is 5.75 Å².